The first kappa shape index (κ1) is 24.4. The highest BCUT2D eigenvalue weighted by molar-refractivity contribution is 14.0. The van der Waals surface area contributed by atoms with Gasteiger partial charge in [0.25, 0.3) is 0 Å². The summed E-state index contributed by atoms with van der Waals surface area (Å²) in [5, 5.41) is 3.33. The Morgan fingerprint density at radius 1 is 1.27 bits per heavy atom. The number of benzene rings is 1. The number of nitrogens with one attached hydrogen (secondary N) is 1. The standard InChI is InChI=1S/C21H28N4O3S.HI/c1-21(2)16-25(11-12-29(21,26)27)20(22-3)24-14-17-7-6-9-19(13-17)28-15-18-8-4-5-10-23-18;/h4-10,13H,11-12,14-16H2,1-3H3,(H,22,24);1H. The Kier molecular flexibility index (Phi) is 8.48. The number of ether oxygens (including phenoxy) is 1. The maximum Gasteiger partial charge on any atom is 0.193 e. The van der Waals surface area contributed by atoms with Crippen LogP contribution in [0, 0.1) is 0 Å². The molecule has 0 unspecified atom stereocenters. The molecule has 164 valence electrons. The quantitative estimate of drug-likeness (QED) is 0.354. The van der Waals surface area contributed by atoms with E-state index in [9.17, 15) is 8.42 Å². The Hall–Kier alpha value is -1.88. The van der Waals surface area contributed by atoms with Gasteiger partial charge in [0.15, 0.2) is 15.8 Å². The molecule has 1 fully saturated rings. The number of nitrogens with zero attached hydrogens (tertiary/aromatic N) is 3. The molecule has 1 aliphatic rings. The third-order valence-corrected chi connectivity index (χ3v) is 7.55. The number of aliphatic imine (C=N–C) groups is 1. The first-order chi connectivity index (χ1) is 13.8. The minimum absolute atomic E-state index is 0. The molecule has 1 aromatic heterocycles. The van der Waals surface area contributed by atoms with E-state index in [2.05, 4.69) is 15.3 Å². The highest BCUT2D eigenvalue weighted by Gasteiger charge is 2.40. The van der Waals surface area contributed by atoms with Crippen LogP contribution < -0.4 is 10.1 Å². The second-order valence-corrected chi connectivity index (χ2v) is 10.4. The van der Waals surface area contributed by atoms with E-state index in [1.54, 1.807) is 27.1 Å². The predicted octanol–water partition coefficient (Wildman–Crippen LogP) is 2.86. The molecule has 1 aliphatic heterocycles. The molecule has 7 nitrogen and oxygen atoms in total. The summed E-state index contributed by atoms with van der Waals surface area (Å²) in [5.41, 5.74) is 1.92. The molecule has 9 heteroatoms. The Balaban J connectivity index is 0.00000320. The molecule has 0 radical (unpaired) electrons. The van der Waals surface area contributed by atoms with E-state index in [4.69, 9.17) is 4.74 Å². The van der Waals surface area contributed by atoms with Crippen LogP contribution >= 0.6 is 24.0 Å². The number of pyridine rings is 1. The van der Waals surface area contributed by atoms with Crippen molar-refractivity contribution in [2.24, 2.45) is 4.99 Å². The Morgan fingerprint density at radius 3 is 2.73 bits per heavy atom. The maximum absolute atomic E-state index is 12.2. The summed E-state index contributed by atoms with van der Waals surface area (Å²) >= 11 is 0. The summed E-state index contributed by atoms with van der Waals surface area (Å²) in [6.07, 6.45) is 1.75. The van der Waals surface area contributed by atoms with Crippen molar-refractivity contribution in [1.29, 1.82) is 0 Å². The van der Waals surface area contributed by atoms with Crippen LogP contribution in [0.3, 0.4) is 0 Å². The molecule has 0 bridgehead atoms. The first-order valence-corrected chi connectivity index (χ1v) is 11.3. The van der Waals surface area contributed by atoms with Gasteiger partial charge in [-0.2, -0.15) is 0 Å². The minimum Gasteiger partial charge on any atom is -0.487 e. The van der Waals surface area contributed by atoms with Gasteiger partial charge < -0.3 is 15.0 Å². The lowest BCUT2D eigenvalue weighted by Crippen LogP contribution is -2.57. The van der Waals surface area contributed by atoms with Crippen LogP contribution in [0.15, 0.2) is 53.7 Å². The molecule has 1 aromatic carbocycles. The van der Waals surface area contributed by atoms with Crippen molar-refractivity contribution in [1.82, 2.24) is 15.2 Å². The van der Waals surface area contributed by atoms with Crippen molar-refractivity contribution in [2.45, 2.75) is 31.7 Å². The van der Waals surface area contributed by atoms with Crippen molar-refractivity contribution in [3.8, 4) is 5.75 Å². The molecule has 0 aliphatic carbocycles. The summed E-state index contributed by atoms with van der Waals surface area (Å²) in [4.78, 5) is 10.6. The van der Waals surface area contributed by atoms with Gasteiger partial charge in [-0.15, -0.1) is 24.0 Å². The molecule has 30 heavy (non-hydrogen) atoms. The third kappa shape index (κ3) is 6.07. The second-order valence-electron chi connectivity index (χ2n) is 7.66. The fraction of sp³-hybridized carbons (Fsp3) is 0.429. The number of sulfone groups is 1. The number of hydrogen-bond acceptors (Lipinski definition) is 5. The minimum atomic E-state index is -3.08. The van der Waals surface area contributed by atoms with Gasteiger partial charge >= 0.3 is 0 Å². The third-order valence-electron chi connectivity index (χ3n) is 5.02. The van der Waals surface area contributed by atoms with Gasteiger partial charge in [0, 0.05) is 32.9 Å². The zero-order chi connectivity index (χ0) is 20.9. The SMILES string of the molecule is CN=C(NCc1cccc(OCc2ccccn2)c1)N1CCS(=O)(=O)C(C)(C)C1.I. The molecular weight excluding hydrogens is 515 g/mol. The fourth-order valence-electron chi connectivity index (χ4n) is 3.22. The van der Waals surface area contributed by atoms with Gasteiger partial charge in [-0.25, -0.2) is 8.42 Å². The van der Waals surface area contributed by atoms with Crippen LogP contribution in [-0.4, -0.2) is 54.9 Å². The van der Waals surface area contributed by atoms with E-state index in [0.717, 1.165) is 17.0 Å². The number of aromatic nitrogens is 1. The van der Waals surface area contributed by atoms with Crippen LogP contribution in [0.2, 0.25) is 0 Å². The lowest BCUT2D eigenvalue weighted by Gasteiger charge is -2.39. The van der Waals surface area contributed by atoms with E-state index in [-0.39, 0.29) is 29.7 Å². The molecule has 1 N–H and O–H groups in total. The van der Waals surface area contributed by atoms with E-state index >= 15 is 0 Å². The second kappa shape index (κ2) is 10.4. The van der Waals surface area contributed by atoms with Crippen LogP contribution in [0.5, 0.6) is 5.75 Å². The first-order valence-electron chi connectivity index (χ1n) is 9.60. The summed E-state index contributed by atoms with van der Waals surface area (Å²) < 4.78 is 29.5. The van der Waals surface area contributed by atoms with E-state index in [1.807, 2.05) is 47.4 Å². The molecular formula is C21H29IN4O3S. The molecule has 2 heterocycles. The van der Waals surface area contributed by atoms with Crippen molar-refractivity contribution in [3.63, 3.8) is 0 Å². The Bertz CT molecular complexity index is 965. The molecule has 0 atom stereocenters. The average Bonchev–Trinajstić information content (AvgIpc) is 2.70. The summed E-state index contributed by atoms with van der Waals surface area (Å²) in [6.45, 7) is 5.38. The summed E-state index contributed by atoms with van der Waals surface area (Å²) in [7, 11) is -1.37. The van der Waals surface area contributed by atoms with Crippen LogP contribution in [-0.2, 0) is 23.0 Å². The fourth-order valence-corrected chi connectivity index (χ4v) is 4.59. The molecule has 3 rings (SSSR count). The molecule has 0 amide bonds. The molecule has 0 saturated carbocycles. The smallest absolute Gasteiger partial charge is 0.193 e. The highest BCUT2D eigenvalue weighted by Crippen LogP contribution is 2.23. The van der Waals surface area contributed by atoms with Gasteiger partial charge in [0.05, 0.1) is 16.2 Å². The van der Waals surface area contributed by atoms with Gasteiger partial charge in [0.2, 0.25) is 0 Å². The van der Waals surface area contributed by atoms with Crippen molar-refractivity contribution < 1.29 is 13.2 Å². The zero-order valence-corrected chi connectivity index (χ0v) is 20.7. The number of rotatable bonds is 5. The topological polar surface area (TPSA) is 83.9 Å². The lowest BCUT2D eigenvalue weighted by molar-refractivity contribution is 0.301. The van der Waals surface area contributed by atoms with Crippen molar-refractivity contribution in [2.75, 3.05) is 25.9 Å². The Morgan fingerprint density at radius 2 is 2.07 bits per heavy atom. The highest BCUT2D eigenvalue weighted by atomic mass is 127. The number of guanidine groups is 1. The van der Waals surface area contributed by atoms with Gasteiger partial charge in [0.1, 0.15) is 12.4 Å². The van der Waals surface area contributed by atoms with Crippen LogP contribution in [0.25, 0.3) is 0 Å². The molecule has 2 aromatic rings. The van der Waals surface area contributed by atoms with Gasteiger partial charge in [-0.1, -0.05) is 18.2 Å². The van der Waals surface area contributed by atoms with Crippen molar-refractivity contribution >= 4 is 39.8 Å². The van der Waals surface area contributed by atoms with E-state index < -0.39 is 14.6 Å². The molecule has 0 spiro atoms. The van der Waals surface area contributed by atoms with Crippen LogP contribution in [0.4, 0.5) is 0 Å². The summed E-state index contributed by atoms with van der Waals surface area (Å²) in [6, 6.07) is 13.6. The van der Waals surface area contributed by atoms with Crippen LogP contribution in [0.1, 0.15) is 25.1 Å². The maximum atomic E-state index is 12.2. The normalized spacial score (nSPS) is 17.7. The predicted molar refractivity (Wildman–Crippen MR) is 130 cm³/mol. The summed E-state index contributed by atoms with van der Waals surface area (Å²) in [5.74, 6) is 1.61. The zero-order valence-electron chi connectivity index (χ0n) is 17.5. The average molecular weight is 544 g/mol. The van der Waals surface area contributed by atoms with E-state index in [1.165, 1.54) is 0 Å². The van der Waals surface area contributed by atoms with E-state index in [0.29, 0.717) is 32.2 Å². The lowest BCUT2D eigenvalue weighted by atomic mass is 10.2. The number of hydrogen-bond donors (Lipinski definition) is 1. The van der Waals surface area contributed by atoms with Crippen molar-refractivity contribution in [3.05, 3.63) is 59.9 Å². The Labute approximate surface area is 195 Å². The van der Waals surface area contributed by atoms with Gasteiger partial charge in [-0.05, 0) is 43.7 Å². The van der Waals surface area contributed by atoms with Gasteiger partial charge in [-0.3, -0.25) is 9.98 Å². The monoisotopic (exact) mass is 544 g/mol. The molecule has 1 saturated heterocycles. The largest absolute Gasteiger partial charge is 0.487 e. The number of halogens is 1.